The Morgan fingerprint density at radius 3 is 1.70 bits per heavy atom. The molecule has 0 spiro atoms. The van der Waals surface area contributed by atoms with Crippen molar-refractivity contribution in [3.8, 4) is 0 Å². The van der Waals surface area contributed by atoms with Gasteiger partial charge in [0.1, 0.15) is 0 Å². The van der Waals surface area contributed by atoms with Gasteiger partial charge in [0.05, 0.1) is 0 Å². The van der Waals surface area contributed by atoms with E-state index in [4.69, 9.17) is 0 Å². The average Bonchev–Trinajstić information content (AvgIpc) is 3.23. The van der Waals surface area contributed by atoms with Crippen molar-refractivity contribution in [3.63, 3.8) is 0 Å². The zero-order valence-corrected chi connectivity index (χ0v) is 16.6. The van der Waals surface area contributed by atoms with Gasteiger partial charge in [0.15, 0.2) is 0 Å². The van der Waals surface area contributed by atoms with E-state index in [1.54, 1.807) is 0 Å². The monoisotopic (exact) mass is 350 g/mol. The number of hydrogen-bond acceptors (Lipinski definition) is 0. The molecule has 0 radical (unpaired) electrons. The topological polar surface area (TPSA) is 0 Å². The van der Waals surface area contributed by atoms with Crippen LogP contribution in [0.25, 0.3) is 5.57 Å². The standard InChI is InChI=1S/C27H26/c1-19-10-14-22(15-11-19)25(23-16-12-20(2)13-17-23)18-26-21(3)27(26,4)24-8-6-5-7-9-24/h5-17,21H,1-4H3/t21-,27+/m1/s1. The zero-order valence-electron chi connectivity index (χ0n) is 16.6. The minimum absolute atomic E-state index is 0.0852. The van der Waals surface area contributed by atoms with Gasteiger partial charge < -0.3 is 0 Å². The van der Waals surface area contributed by atoms with Crippen LogP contribution < -0.4 is 0 Å². The number of benzene rings is 3. The van der Waals surface area contributed by atoms with Crippen LogP contribution in [0.5, 0.6) is 0 Å². The van der Waals surface area contributed by atoms with E-state index in [0.717, 1.165) is 0 Å². The Kier molecular flexibility index (Phi) is 4.38. The van der Waals surface area contributed by atoms with E-state index < -0.39 is 0 Å². The Balaban J connectivity index is 1.90. The minimum atomic E-state index is 0.0852. The summed E-state index contributed by atoms with van der Waals surface area (Å²) in [6.45, 7) is 8.92. The molecule has 0 saturated heterocycles. The molecule has 3 aromatic rings. The second kappa shape index (κ2) is 6.72. The van der Waals surface area contributed by atoms with Gasteiger partial charge in [-0.1, -0.05) is 104 Å². The predicted molar refractivity (Wildman–Crippen MR) is 115 cm³/mol. The first kappa shape index (κ1) is 17.6. The molecule has 0 bridgehead atoms. The first-order chi connectivity index (χ1) is 13.0. The maximum Gasteiger partial charge on any atom is 0.0309 e. The Morgan fingerprint density at radius 1 is 0.741 bits per heavy atom. The lowest BCUT2D eigenvalue weighted by atomic mass is 9.94. The van der Waals surface area contributed by atoms with Gasteiger partial charge >= 0.3 is 0 Å². The molecule has 27 heavy (non-hydrogen) atoms. The molecule has 1 aliphatic carbocycles. The lowest BCUT2D eigenvalue weighted by Gasteiger charge is -2.09. The van der Waals surface area contributed by atoms with Crippen LogP contribution in [0.1, 0.15) is 41.7 Å². The lowest BCUT2D eigenvalue weighted by molar-refractivity contribution is 0.707. The van der Waals surface area contributed by atoms with Gasteiger partial charge in [0.25, 0.3) is 0 Å². The number of rotatable bonds is 3. The smallest absolute Gasteiger partial charge is 0.0309 e. The van der Waals surface area contributed by atoms with Crippen molar-refractivity contribution in [2.75, 3.05) is 0 Å². The third-order valence-electron chi connectivity index (χ3n) is 6.09. The highest BCUT2D eigenvalue weighted by Gasteiger charge is 2.54. The van der Waals surface area contributed by atoms with E-state index in [0.29, 0.717) is 5.92 Å². The fourth-order valence-corrected chi connectivity index (χ4v) is 3.94. The Morgan fingerprint density at radius 2 is 1.22 bits per heavy atom. The molecule has 0 aromatic heterocycles. The predicted octanol–water partition coefficient (Wildman–Crippen LogP) is 6.87. The summed E-state index contributed by atoms with van der Waals surface area (Å²) in [4.78, 5) is 0. The summed E-state index contributed by atoms with van der Waals surface area (Å²) in [6, 6.07) is 28.4. The number of aryl methyl sites for hydroxylation is 2. The Hall–Kier alpha value is -2.82. The number of hydrogen-bond donors (Lipinski definition) is 0. The van der Waals surface area contributed by atoms with Crippen molar-refractivity contribution in [2.45, 2.75) is 33.1 Å². The molecular weight excluding hydrogens is 324 g/mol. The molecule has 0 aliphatic heterocycles. The normalized spacial score (nSPS) is 20.9. The Labute approximate surface area is 162 Å². The summed E-state index contributed by atoms with van der Waals surface area (Å²) in [5.41, 5.74) is 12.9. The van der Waals surface area contributed by atoms with E-state index in [9.17, 15) is 0 Å². The van der Waals surface area contributed by atoms with Crippen molar-refractivity contribution >= 4 is 5.57 Å². The molecule has 3 aromatic carbocycles. The molecule has 0 N–H and O–H groups in total. The second-order valence-corrected chi connectivity index (χ2v) is 7.94. The van der Waals surface area contributed by atoms with E-state index in [1.165, 1.54) is 39.0 Å². The summed E-state index contributed by atoms with van der Waals surface area (Å²) < 4.78 is 0. The minimum Gasteiger partial charge on any atom is -0.111 e. The third kappa shape index (κ3) is 3.18. The van der Waals surface area contributed by atoms with Crippen LogP contribution in [-0.4, -0.2) is 0 Å². The molecule has 134 valence electrons. The van der Waals surface area contributed by atoms with E-state index in [-0.39, 0.29) is 5.41 Å². The maximum absolute atomic E-state index is 3.83. The molecular formula is C27H26. The van der Waals surface area contributed by atoms with Gasteiger partial charge in [-0.15, -0.1) is 5.73 Å². The van der Waals surface area contributed by atoms with Crippen LogP contribution in [0.4, 0.5) is 0 Å². The van der Waals surface area contributed by atoms with Crippen molar-refractivity contribution in [1.82, 2.24) is 0 Å². The molecule has 1 saturated carbocycles. The number of allylic oxidation sites excluding steroid dienone is 1. The van der Waals surface area contributed by atoms with E-state index >= 15 is 0 Å². The summed E-state index contributed by atoms with van der Waals surface area (Å²) in [7, 11) is 0. The second-order valence-electron chi connectivity index (χ2n) is 7.94. The molecule has 0 unspecified atom stereocenters. The van der Waals surface area contributed by atoms with Gasteiger partial charge in [0, 0.05) is 11.0 Å². The SMILES string of the molecule is Cc1ccc(C(=C=C2[C@@H](C)[C@@]2(C)c2ccccc2)c2ccc(C)cc2)cc1. The zero-order chi connectivity index (χ0) is 19.0. The third-order valence-corrected chi connectivity index (χ3v) is 6.09. The first-order valence-corrected chi connectivity index (χ1v) is 9.71. The van der Waals surface area contributed by atoms with Gasteiger partial charge in [-0.25, -0.2) is 0 Å². The first-order valence-electron chi connectivity index (χ1n) is 9.71. The van der Waals surface area contributed by atoms with Crippen LogP contribution in [0.3, 0.4) is 0 Å². The van der Waals surface area contributed by atoms with Crippen LogP contribution in [0.15, 0.2) is 90.2 Å². The maximum atomic E-state index is 3.83. The molecule has 0 heteroatoms. The lowest BCUT2D eigenvalue weighted by Crippen LogP contribution is -2.02. The summed E-state index contributed by atoms with van der Waals surface area (Å²) in [6.07, 6.45) is 0. The van der Waals surface area contributed by atoms with Gasteiger partial charge in [-0.2, -0.15) is 0 Å². The molecule has 0 nitrogen and oxygen atoms in total. The van der Waals surface area contributed by atoms with E-state index in [2.05, 4.69) is 112 Å². The van der Waals surface area contributed by atoms with Crippen LogP contribution in [0.2, 0.25) is 0 Å². The van der Waals surface area contributed by atoms with Crippen molar-refractivity contribution < 1.29 is 0 Å². The van der Waals surface area contributed by atoms with Gasteiger partial charge in [-0.05, 0) is 42.0 Å². The molecule has 0 heterocycles. The quantitative estimate of drug-likeness (QED) is 0.452. The molecule has 1 fully saturated rings. The van der Waals surface area contributed by atoms with Crippen molar-refractivity contribution in [2.24, 2.45) is 5.92 Å². The van der Waals surface area contributed by atoms with Gasteiger partial charge in [0.2, 0.25) is 0 Å². The highest BCUT2D eigenvalue weighted by atomic mass is 14.6. The molecule has 4 rings (SSSR count). The van der Waals surface area contributed by atoms with Crippen LogP contribution in [-0.2, 0) is 5.41 Å². The highest BCUT2D eigenvalue weighted by Crippen LogP contribution is 2.58. The largest absolute Gasteiger partial charge is 0.111 e. The van der Waals surface area contributed by atoms with Crippen LogP contribution >= 0.6 is 0 Å². The van der Waals surface area contributed by atoms with Gasteiger partial charge in [-0.3, -0.25) is 0 Å². The van der Waals surface area contributed by atoms with Crippen molar-refractivity contribution in [1.29, 1.82) is 0 Å². The summed E-state index contributed by atoms with van der Waals surface area (Å²) in [5.74, 6) is 0.505. The summed E-state index contributed by atoms with van der Waals surface area (Å²) >= 11 is 0. The molecule has 2 atom stereocenters. The fourth-order valence-electron chi connectivity index (χ4n) is 3.94. The van der Waals surface area contributed by atoms with Crippen LogP contribution in [0, 0.1) is 19.8 Å². The summed E-state index contributed by atoms with van der Waals surface area (Å²) in [5, 5.41) is 0. The molecule has 1 aliphatic rings. The van der Waals surface area contributed by atoms with E-state index in [1.807, 2.05) is 0 Å². The molecule has 0 amide bonds. The fraction of sp³-hybridized carbons (Fsp3) is 0.222. The van der Waals surface area contributed by atoms with Crippen molar-refractivity contribution in [3.05, 3.63) is 118 Å². The highest BCUT2D eigenvalue weighted by molar-refractivity contribution is 5.81. The average molecular weight is 351 g/mol. The Bertz CT molecular complexity index is 966.